The van der Waals surface area contributed by atoms with Crippen LogP contribution in [-0.4, -0.2) is 71.8 Å². The van der Waals surface area contributed by atoms with Crippen molar-refractivity contribution in [3.63, 3.8) is 0 Å². The Kier molecular flexibility index (Phi) is 3.14. The van der Waals surface area contributed by atoms with E-state index in [-0.39, 0.29) is 0 Å². The SMILES string of the molecule is CN1CC(N2CCSC[C@@H]2CO)C1. The normalized spacial score (nSPS) is 33.2. The van der Waals surface area contributed by atoms with Crippen LogP contribution < -0.4 is 0 Å². The first-order valence-electron chi connectivity index (χ1n) is 4.94. The van der Waals surface area contributed by atoms with Gasteiger partial charge in [0.2, 0.25) is 0 Å². The molecule has 2 rings (SSSR count). The number of likely N-dealkylation sites (N-methyl/N-ethyl adjacent to an activating group) is 1. The first kappa shape index (κ1) is 9.77. The number of thioether (sulfide) groups is 1. The van der Waals surface area contributed by atoms with Crippen LogP contribution in [0.15, 0.2) is 0 Å². The number of likely N-dealkylation sites (tertiary alicyclic amines) is 1. The highest BCUT2D eigenvalue weighted by Gasteiger charge is 2.34. The van der Waals surface area contributed by atoms with Crippen LogP contribution in [0.5, 0.6) is 0 Å². The summed E-state index contributed by atoms with van der Waals surface area (Å²) in [5.74, 6) is 2.34. The Morgan fingerprint density at radius 3 is 2.85 bits per heavy atom. The number of hydrogen-bond donors (Lipinski definition) is 1. The quantitative estimate of drug-likeness (QED) is 0.666. The van der Waals surface area contributed by atoms with E-state index in [0.29, 0.717) is 18.7 Å². The van der Waals surface area contributed by atoms with Gasteiger partial charge in [-0.1, -0.05) is 0 Å². The summed E-state index contributed by atoms with van der Waals surface area (Å²) in [6.07, 6.45) is 0. The second-order valence-corrected chi connectivity index (χ2v) is 5.17. The largest absolute Gasteiger partial charge is 0.395 e. The van der Waals surface area contributed by atoms with Crippen LogP contribution in [0.2, 0.25) is 0 Å². The van der Waals surface area contributed by atoms with E-state index in [1.54, 1.807) is 0 Å². The zero-order valence-corrected chi connectivity index (χ0v) is 8.96. The van der Waals surface area contributed by atoms with Gasteiger partial charge in [0.1, 0.15) is 0 Å². The molecule has 2 fully saturated rings. The van der Waals surface area contributed by atoms with Gasteiger partial charge in [0, 0.05) is 43.2 Å². The molecular weight excluding hydrogens is 184 g/mol. The van der Waals surface area contributed by atoms with Gasteiger partial charge in [-0.25, -0.2) is 0 Å². The number of hydrogen-bond acceptors (Lipinski definition) is 4. The van der Waals surface area contributed by atoms with Gasteiger partial charge in [0.05, 0.1) is 6.61 Å². The number of rotatable bonds is 2. The van der Waals surface area contributed by atoms with Crippen LogP contribution in [0.4, 0.5) is 0 Å². The van der Waals surface area contributed by atoms with Gasteiger partial charge in [-0.3, -0.25) is 4.90 Å². The monoisotopic (exact) mass is 202 g/mol. The molecule has 3 nitrogen and oxygen atoms in total. The summed E-state index contributed by atoms with van der Waals surface area (Å²) in [6.45, 7) is 3.85. The maximum atomic E-state index is 9.23. The van der Waals surface area contributed by atoms with Crippen molar-refractivity contribution < 1.29 is 5.11 Å². The van der Waals surface area contributed by atoms with E-state index in [1.807, 2.05) is 11.8 Å². The molecule has 0 aromatic rings. The molecule has 0 bridgehead atoms. The third kappa shape index (κ3) is 2.01. The Balaban J connectivity index is 1.87. The van der Waals surface area contributed by atoms with Crippen molar-refractivity contribution >= 4 is 11.8 Å². The molecule has 0 saturated carbocycles. The second-order valence-electron chi connectivity index (χ2n) is 4.02. The van der Waals surface area contributed by atoms with E-state index < -0.39 is 0 Å². The molecule has 76 valence electrons. The average molecular weight is 202 g/mol. The highest BCUT2D eigenvalue weighted by Crippen LogP contribution is 2.22. The van der Waals surface area contributed by atoms with E-state index in [9.17, 15) is 5.11 Å². The van der Waals surface area contributed by atoms with Crippen LogP contribution in [0.3, 0.4) is 0 Å². The molecule has 13 heavy (non-hydrogen) atoms. The lowest BCUT2D eigenvalue weighted by Crippen LogP contribution is -2.62. The Bertz CT molecular complexity index is 173. The van der Waals surface area contributed by atoms with Gasteiger partial charge < -0.3 is 10.0 Å². The van der Waals surface area contributed by atoms with Crippen molar-refractivity contribution in [2.45, 2.75) is 12.1 Å². The molecule has 1 N–H and O–H groups in total. The molecule has 0 radical (unpaired) electrons. The lowest BCUT2D eigenvalue weighted by Gasteiger charge is -2.48. The van der Waals surface area contributed by atoms with Crippen molar-refractivity contribution in [1.29, 1.82) is 0 Å². The summed E-state index contributed by atoms with van der Waals surface area (Å²) in [6, 6.07) is 1.13. The summed E-state index contributed by atoms with van der Waals surface area (Å²) < 4.78 is 0. The summed E-state index contributed by atoms with van der Waals surface area (Å²) in [7, 11) is 2.16. The molecule has 2 saturated heterocycles. The van der Waals surface area contributed by atoms with Crippen molar-refractivity contribution in [1.82, 2.24) is 9.80 Å². The minimum atomic E-state index is 0.327. The van der Waals surface area contributed by atoms with E-state index in [4.69, 9.17) is 0 Å². The lowest BCUT2D eigenvalue weighted by atomic mass is 10.1. The Morgan fingerprint density at radius 2 is 2.23 bits per heavy atom. The Hall–Kier alpha value is 0.230. The van der Waals surface area contributed by atoms with E-state index in [0.717, 1.165) is 12.3 Å². The molecule has 0 unspecified atom stereocenters. The van der Waals surface area contributed by atoms with Crippen LogP contribution >= 0.6 is 11.8 Å². The van der Waals surface area contributed by atoms with Gasteiger partial charge >= 0.3 is 0 Å². The smallest absolute Gasteiger partial charge is 0.0595 e. The molecule has 0 amide bonds. The fourth-order valence-corrected chi connectivity index (χ4v) is 3.26. The molecular formula is C9H18N2OS. The minimum absolute atomic E-state index is 0.327. The Morgan fingerprint density at radius 1 is 1.46 bits per heavy atom. The van der Waals surface area contributed by atoms with E-state index in [2.05, 4.69) is 16.8 Å². The van der Waals surface area contributed by atoms with Crippen molar-refractivity contribution in [2.24, 2.45) is 0 Å². The van der Waals surface area contributed by atoms with Crippen LogP contribution in [0.25, 0.3) is 0 Å². The molecule has 2 aliphatic rings. The van der Waals surface area contributed by atoms with Crippen LogP contribution in [0, 0.1) is 0 Å². The third-order valence-corrected chi connectivity index (χ3v) is 4.09. The first-order chi connectivity index (χ1) is 6.31. The molecule has 2 heterocycles. The highest BCUT2D eigenvalue weighted by atomic mass is 32.2. The van der Waals surface area contributed by atoms with Gasteiger partial charge in [-0.2, -0.15) is 11.8 Å². The molecule has 2 aliphatic heterocycles. The lowest BCUT2D eigenvalue weighted by molar-refractivity contribution is 0.0139. The molecule has 0 aromatic heterocycles. The fraction of sp³-hybridized carbons (Fsp3) is 1.00. The number of aliphatic hydroxyl groups excluding tert-OH is 1. The maximum absolute atomic E-state index is 9.23. The number of aliphatic hydroxyl groups is 1. The van der Waals surface area contributed by atoms with Crippen molar-refractivity contribution in [3.05, 3.63) is 0 Å². The second kappa shape index (κ2) is 4.17. The summed E-state index contributed by atoms with van der Waals surface area (Å²) in [4.78, 5) is 4.83. The van der Waals surface area contributed by atoms with Crippen LogP contribution in [0.1, 0.15) is 0 Å². The highest BCUT2D eigenvalue weighted by molar-refractivity contribution is 7.99. The van der Waals surface area contributed by atoms with Gasteiger partial charge in [-0.05, 0) is 7.05 Å². The zero-order chi connectivity index (χ0) is 9.26. The predicted octanol–water partition coefficient (Wildman–Crippen LogP) is -0.290. The fourth-order valence-electron chi connectivity index (χ4n) is 2.18. The molecule has 0 spiro atoms. The van der Waals surface area contributed by atoms with Crippen molar-refractivity contribution in [3.8, 4) is 0 Å². The predicted molar refractivity (Wildman–Crippen MR) is 56.2 cm³/mol. The summed E-state index contributed by atoms with van der Waals surface area (Å²) >= 11 is 1.97. The number of nitrogens with zero attached hydrogens (tertiary/aromatic N) is 2. The summed E-state index contributed by atoms with van der Waals surface area (Å²) in [5.41, 5.74) is 0. The molecule has 0 aromatic carbocycles. The van der Waals surface area contributed by atoms with Crippen LogP contribution in [-0.2, 0) is 0 Å². The van der Waals surface area contributed by atoms with Crippen molar-refractivity contribution in [2.75, 3.05) is 44.8 Å². The van der Waals surface area contributed by atoms with Gasteiger partial charge in [0.25, 0.3) is 0 Å². The standard InChI is InChI=1S/C9H18N2OS/c1-10-4-8(5-10)11-2-3-13-7-9(11)6-12/h8-9,12H,2-7H2,1H3/t9-/m0/s1. The molecule has 1 atom stereocenters. The summed E-state index contributed by atoms with van der Waals surface area (Å²) in [5, 5.41) is 9.23. The minimum Gasteiger partial charge on any atom is -0.395 e. The zero-order valence-electron chi connectivity index (χ0n) is 8.15. The topological polar surface area (TPSA) is 26.7 Å². The van der Waals surface area contributed by atoms with Gasteiger partial charge in [0.15, 0.2) is 0 Å². The maximum Gasteiger partial charge on any atom is 0.0595 e. The molecule has 0 aliphatic carbocycles. The van der Waals surface area contributed by atoms with E-state index >= 15 is 0 Å². The molecule has 4 heteroatoms. The Labute approximate surface area is 84.1 Å². The van der Waals surface area contributed by atoms with Gasteiger partial charge in [-0.15, -0.1) is 0 Å². The third-order valence-electron chi connectivity index (χ3n) is 3.00. The van der Waals surface area contributed by atoms with E-state index in [1.165, 1.54) is 18.8 Å². The first-order valence-corrected chi connectivity index (χ1v) is 6.09. The average Bonchev–Trinajstić information content (AvgIpc) is 2.13.